The van der Waals surface area contributed by atoms with Crippen molar-refractivity contribution in [1.29, 1.82) is 0 Å². The molecule has 0 bridgehead atoms. The zero-order valence-corrected chi connectivity index (χ0v) is 19.1. The van der Waals surface area contributed by atoms with Crippen LogP contribution in [0.5, 0.6) is 0 Å². The van der Waals surface area contributed by atoms with Gasteiger partial charge in [-0.3, -0.25) is 9.59 Å². The van der Waals surface area contributed by atoms with Crippen LogP contribution in [0.3, 0.4) is 0 Å². The number of carbonyl (C=O) groups is 2. The predicted molar refractivity (Wildman–Crippen MR) is 116 cm³/mol. The van der Waals surface area contributed by atoms with Crippen LogP contribution >= 0.6 is 0 Å². The fraction of sp³-hybridized carbons (Fsp3) is 0.917. The molecule has 0 saturated carbocycles. The fourth-order valence-corrected chi connectivity index (χ4v) is 3.29. The Morgan fingerprint density at radius 3 is 1.25 bits per heavy atom. The van der Waals surface area contributed by atoms with Crippen LogP contribution in [0, 0.1) is 0 Å². The highest BCUT2D eigenvalue weighted by Crippen LogP contribution is 2.14. The van der Waals surface area contributed by atoms with Crippen LogP contribution in [0.1, 0.15) is 130 Å². The van der Waals surface area contributed by atoms with E-state index >= 15 is 0 Å². The first-order valence-electron chi connectivity index (χ1n) is 12.0. The lowest BCUT2D eigenvalue weighted by atomic mass is 10.1. The Hall–Kier alpha value is -1.06. The molecule has 0 saturated heterocycles. The topological polar surface area (TPSA) is 52.6 Å². The monoisotopic (exact) mass is 398 g/mol. The van der Waals surface area contributed by atoms with Crippen LogP contribution in [0.2, 0.25) is 0 Å². The van der Waals surface area contributed by atoms with E-state index < -0.39 is 0 Å². The molecule has 4 nitrogen and oxygen atoms in total. The number of carbonyl (C=O) groups excluding carboxylic acids is 2. The van der Waals surface area contributed by atoms with E-state index in [4.69, 9.17) is 9.47 Å². The molecule has 0 spiro atoms. The summed E-state index contributed by atoms with van der Waals surface area (Å²) in [6, 6.07) is 0. The summed E-state index contributed by atoms with van der Waals surface area (Å²) in [4.78, 5) is 23.8. The van der Waals surface area contributed by atoms with Gasteiger partial charge in [0.05, 0.1) is 0 Å². The summed E-state index contributed by atoms with van der Waals surface area (Å²) in [7, 11) is 0. The van der Waals surface area contributed by atoms with Gasteiger partial charge in [-0.2, -0.15) is 0 Å². The minimum atomic E-state index is -0.0424. The number of ether oxygens (including phenoxy) is 2. The van der Waals surface area contributed by atoms with E-state index in [-0.39, 0.29) is 24.1 Å². The number of hydrogen-bond acceptors (Lipinski definition) is 4. The number of unbranched alkanes of at least 4 members (excludes halogenated alkanes) is 7. The molecule has 4 heteroatoms. The first-order chi connectivity index (χ1) is 13.6. The second-order valence-corrected chi connectivity index (χ2v) is 7.95. The van der Waals surface area contributed by atoms with Crippen molar-refractivity contribution in [2.75, 3.05) is 0 Å². The third-order valence-corrected chi connectivity index (χ3v) is 5.28. The molecule has 0 heterocycles. The van der Waals surface area contributed by atoms with E-state index in [0.717, 1.165) is 89.9 Å². The number of esters is 2. The summed E-state index contributed by atoms with van der Waals surface area (Å²) >= 11 is 0. The standard InChI is InChI=1S/C24H46O4/c1-5-9-17-21(7-3)27-23(25)19-15-13-11-12-14-16-20-24(26)28-22(8-4)18-10-6-2/h21-22H,5-20H2,1-4H3. The fourth-order valence-electron chi connectivity index (χ4n) is 3.29. The molecule has 0 aliphatic rings. The van der Waals surface area contributed by atoms with E-state index in [2.05, 4.69) is 27.7 Å². The minimum Gasteiger partial charge on any atom is -0.462 e. The Kier molecular flexibility index (Phi) is 18.5. The lowest BCUT2D eigenvalue weighted by Crippen LogP contribution is -2.17. The third-order valence-electron chi connectivity index (χ3n) is 5.28. The molecule has 28 heavy (non-hydrogen) atoms. The predicted octanol–water partition coefficient (Wildman–Crippen LogP) is 7.13. The second-order valence-electron chi connectivity index (χ2n) is 7.95. The molecule has 0 aromatic carbocycles. The van der Waals surface area contributed by atoms with E-state index in [0.29, 0.717) is 12.8 Å². The average Bonchev–Trinajstić information content (AvgIpc) is 2.70. The van der Waals surface area contributed by atoms with Crippen molar-refractivity contribution in [2.24, 2.45) is 0 Å². The molecular formula is C24H46O4. The molecular weight excluding hydrogens is 352 g/mol. The third kappa shape index (κ3) is 15.9. The summed E-state index contributed by atoms with van der Waals surface area (Å²) in [5, 5.41) is 0. The summed E-state index contributed by atoms with van der Waals surface area (Å²) in [5.41, 5.74) is 0. The molecule has 2 unspecified atom stereocenters. The van der Waals surface area contributed by atoms with Gasteiger partial charge in [0.15, 0.2) is 0 Å². The molecule has 0 N–H and O–H groups in total. The lowest BCUT2D eigenvalue weighted by molar-refractivity contribution is -0.150. The molecule has 0 aliphatic carbocycles. The van der Waals surface area contributed by atoms with Gasteiger partial charge in [0.1, 0.15) is 12.2 Å². The van der Waals surface area contributed by atoms with Crippen molar-refractivity contribution in [3.05, 3.63) is 0 Å². The molecule has 0 fully saturated rings. The van der Waals surface area contributed by atoms with Gasteiger partial charge in [0, 0.05) is 12.8 Å². The molecule has 2 atom stereocenters. The Balaban J connectivity index is 3.60. The normalized spacial score (nSPS) is 13.1. The Bertz CT molecular complexity index is 345. The van der Waals surface area contributed by atoms with E-state index in [1.54, 1.807) is 0 Å². The second kappa shape index (κ2) is 19.3. The zero-order chi connectivity index (χ0) is 21.0. The zero-order valence-electron chi connectivity index (χ0n) is 19.1. The maximum absolute atomic E-state index is 11.9. The summed E-state index contributed by atoms with van der Waals surface area (Å²) in [6.07, 6.45) is 15.7. The van der Waals surface area contributed by atoms with Gasteiger partial charge >= 0.3 is 11.9 Å². The minimum absolute atomic E-state index is 0.0424. The maximum Gasteiger partial charge on any atom is 0.306 e. The van der Waals surface area contributed by atoms with Gasteiger partial charge in [-0.1, -0.05) is 79.1 Å². The summed E-state index contributed by atoms with van der Waals surface area (Å²) < 4.78 is 11.1. The molecule has 0 rings (SSSR count). The summed E-state index contributed by atoms with van der Waals surface area (Å²) in [6.45, 7) is 8.48. The molecule has 166 valence electrons. The van der Waals surface area contributed by atoms with Crippen LogP contribution < -0.4 is 0 Å². The van der Waals surface area contributed by atoms with Gasteiger partial charge in [0.25, 0.3) is 0 Å². The van der Waals surface area contributed by atoms with Crippen LogP contribution in [0.25, 0.3) is 0 Å². The van der Waals surface area contributed by atoms with Crippen molar-refractivity contribution < 1.29 is 19.1 Å². The van der Waals surface area contributed by atoms with Gasteiger partial charge in [-0.25, -0.2) is 0 Å². The largest absolute Gasteiger partial charge is 0.462 e. The lowest BCUT2D eigenvalue weighted by Gasteiger charge is -2.16. The maximum atomic E-state index is 11.9. The van der Waals surface area contributed by atoms with Crippen LogP contribution in [0.4, 0.5) is 0 Å². The quantitative estimate of drug-likeness (QED) is 0.171. The number of hydrogen-bond donors (Lipinski definition) is 0. The van der Waals surface area contributed by atoms with Gasteiger partial charge < -0.3 is 9.47 Å². The molecule has 0 aromatic heterocycles. The number of rotatable bonds is 19. The average molecular weight is 399 g/mol. The van der Waals surface area contributed by atoms with Crippen LogP contribution in [-0.2, 0) is 19.1 Å². The van der Waals surface area contributed by atoms with Crippen LogP contribution in [0.15, 0.2) is 0 Å². The van der Waals surface area contributed by atoms with Crippen molar-refractivity contribution in [1.82, 2.24) is 0 Å². The highest BCUT2D eigenvalue weighted by atomic mass is 16.5. The van der Waals surface area contributed by atoms with E-state index in [1.165, 1.54) is 0 Å². The molecule has 0 aromatic rings. The molecule has 0 amide bonds. The Morgan fingerprint density at radius 2 is 0.929 bits per heavy atom. The van der Waals surface area contributed by atoms with E-state index in [9.17, 15) is 9.59 Å². The van der Waals surface area contributed by atoms with Crippen molar-refractivity contribution in [3.63, 3.8) is 0 Å². The highest BCUT2D eigenvalue weighted by Gasteiger charge is 2.12. The van der Waals surface area contributed by atoms with Gasteiger partial charge in [0.2, 0.25) is 0 Å². The smallest absolute Gasteiger partial charge is 0.306 e. The Morgan fingerprint density at radius 1 is 0.571 bits per heavy atom. The van der Waals surface area contributed by atoms with Crippen molar-refractivity contribution >= 4 is 11.9 Å². The highest BCUT2D eigenvalue weighted by molar-refractivity contribution is 5.69. The van der Waals surface area contributed by atoms with Crippen LogP contribution in [-0.4, -0.2) is 24.1 Å². The van der Waals surface area contributed by atoms with E-state index in [1.807, 2.05) is 0 Å². The van der Waals surface area contributed by atoms with Crippen molar-refractivity contribution in [2.45, 2.75) is 143 Å². The Labute approximate surface area is 174 Å². The van der Waals surface area contributed by atoms with Crippen molar-refractivity contribution in [3.8, 4) is 0 Å². The van der Waals surface area contributed by atoms with Gasteiger partial charge in [-0.15, -0.1) is 0 Å². The molecule has 0 aliphatic heterocycles. The summed E-state index contributed by atoms with van der Waals surface area (Å²) in [5.74, 6) is -0.0847. The first kappa shape index (κ1) is 26.9. The van der Waals surface area contributed by atoms with Gasteiger partial charge in [-0.05, 0) is 38.5 Å². The SMILES string of the molecule is CCCCC(CC)OC(=O)CCCCCCCCC(=O)OC(CC)CCCC. The first-order valence-corrected chi connectivity index (χ1v) is 12.0. The molecule has 0 radical (unpaired) electrons.